The molecule has 0 amide bonds. The van der Waals surface area contributed by atoms with E-state index in [0.29, 0.717) is 12.2 Å². The number of fused-ring (bicyclic) bond motifs is 1. The third kappa shape index (κ3) is 1.70. The van der Waals surface area contributed by atoms with E-state index in [1.807, 2.05) is 17.0 Å². The molecule has 18 heavy (non-hydrogen) atoms. The van der Waals surface area contributed by atoms with Gasteiger partial charge in [-0.1, -0.05) is 6.07 Å². The predicted octanol–water partition coefficient (Wildman–Crippen LogP) is 0.603. The van der Waals surface area contributed by atoms with Gasteiger partial charge in [-0.3, -0.25) is 4.40 Å². The predicted molar refractivity (Wildman–Crippen MR) is 65.0 cm³/mol. The maximum Gasteiger partial charge on any atom is 0.356 e. The van der Waals surface area contributed by atoms with Crippen LogP contribution in [0, 0.1) is 0 Å². The highest BCUT2D eigenvalue weighted by Crippen LogP contribution is 2.22. The summed E-state index contributed by atoms with van der Waals surface area (Å²) in [5.74, 6) is -0.171. The summed E-state index contributed by atoms with van der Waals surface area (Å²) in [6.07, 6.45) is 1.93. The van der Waals surface area contributed by atoms with Gasteiger partial charge in [-0.05, 0) is 18.6 Å². The Hall–Kier alpha value is -2.08. The van der Waals surface area contributed by atoms with Gasteiger partial charge < -0.3 is 15.1 Å². The summed E-state index contributed by atoms with van der Waals surface area (Å²) in [5.41, 5.74) is 0.633. The fourth-order valence-corrected chi connectivity index (χ4v) is 2.31. The molecule has 1 aliphatic heterocycles. The van der Waals surface area contributed by atoms with Gasteiger partial charge in [0.15, 0.2) is 5.69 Å². The fourth-order valence-electron chi connectivity index (χ4n) is 2.31. The molecule has 0 aromatic carbocycles. The number of hydrogen-bond acceptors (Lipinski definition) is 4. The Morgan fingerprint density at radius 3 is 2.94 bits per heavy atom. The molecule has 0 aliphatic carbocycles. The maximum absolute atomic E-state index is 10.9. The van der Waals surface area contributed by atoms with Crippen LogP contribution >= 0.6 is 0 Å². The van der Waals surface area contributed by atoms with Gasteiger partial charge in [0.05, 0.1) is 6.10 Å². The van der Waals surface area contributed by atoms with Crippen LogP contribution in [-0.4, -0.2) is 44.8 Å². The van der Waals surface area contributed by atoms with Gasteiger partial charge in [0, 0.05) is 19.3 Å². The monoisotopic (exact) mass is 247 g/mol. The van der Waals surface area contributed by atoms with Crippen molar-refractivity contribution in [2.75, 3.05) is 18.0 Å². The summed E-state index contributed by atoms with van der Waals surface area (Å²) in [6, 6.07) is 5.51. The molecule has 6 heteroatoms. The van der Waals surface area contributed by atoms with Crippen molar-refractivity contribution >= 4 is 17.4 Å². The molecule has 3 heterocycles. The number of anilines is 1. The Labute approximate surface area is 103 Å². The second-order valence-electron chi connectivity index (χ2n) is 4.43. The van der Waals surface area contributed by atoms with Gasteiger partial charge in [0.2, 0.25) is 0 Å². The summed E-state index contributed by atoms with van der Waals surface area (Å²) in [7, 11) is 0. The normalized spacial score (nSPS) is 19.6. The third-order valence-corrected chi connectivity index (χ3v) is 3.18. The molecule has 0 unspecified atom stereocenters. The van der Waals surface area contributed by atoms with Gasteiger partial charge in [-0.2, -0.15) is 0 Å². The van der Waals surface area contributed by atoms with Crippen molar-refractivity contribution in [3.63, 3.8) is 0 Å². The van der Waals surface area contributed by atoms with E-state index in [-0.39, 0.29) is 11.8 Å². The zero-order chi connectivity index (χ0) is 12.7. The second-order valence-corrected chi connectivity index (χ2v) is 4.43. The summed E-state index contributed by atoms with van der Waals surface area (Å²) in [6.45, 7) is 1.33. The Bertz CT molecular complexity index is 608. The molecule has 2 N–H and O–H groups in total. The number of carboxylic acids is 1. The smallest absolute Gasteiger partial charge is 0.356 e. The van der Waals surface area contributed by atoms with Crippen molar-refractivity contribution < 1.29 is 15.0 Å². The van der Waals surface area contributed by atoms with Crippen molar-refractivity contribution in [1.82, 2.24) is 9.38 Å². The van der Waals surface area contributed by atoms with Crippen molar-refractivity contribution in [1.29, 1.82) is 0 Å². The molecule has 2 aromatic rings. The van der Waals surface area contributed by atoms with Crippen LogP contribution in [0.15, 0.2) is 24.4 Å². The molecule has 1 saturated heterocycles. The molecule has 3 rings (SSSR count). The van der Waals surface area contributed by atoms with Crippen molar-refractivity contribution in [3.8, 4) is 0 Å². The zero-order valence-electron chi connectivity index (χ0n) is 9.65. The highest BCUT2D eigenvalue weighted by molar-refractivity contribution is 5.86. The Balaban J connectivity index is 2.09. The lowest BCUT2D eigenvalue weighted by Gasteiger charge is -2.18. The standard InChI is InChI=1S/C12H13N3O3/c16-8-4-5-14(6-8)11-3-1-2-10-13-9(12(17)18)7-15(10)11/h1-3,7-8,16H,4-6H2,(H,17,18)/t8-/m1/s1. The Kier molecular flexibility index (Phi) is 2.45. The summed E-state index contributed by atoms with van der Waals surface area (Å²) < 4.78 is 1.75. The number of aromatic nitrogens is 2. The van der Waals surface area contributed by atoms with Gasteiger partial charge >= 0.3 is 5.97 Å². The van der Waals surface area contributed by atoms with Gasteiger partial charge in [-0.25, -0.2) is 9.78 Å². The van der Waals surface area contributed by atoms with E-state index in [0.717, 1.165) is 18.8 Å². The molecule has 0 radical (unpaired) electrons. The number of carbonyl (C=O) groups is 1. The number of aliphatic hydroxyl groups excluding tert-OH is 1. The van der Waals surface area contributed by atoms with Gasteiger partial charge in [0.1, 0.15) is 11.5 Å². The number of carboxylic acid groups (broad SMARTS) is 1. The lowest BCUT2D eigenvalue weighted by molar-refractivity contribution is 0.0691. The molecular weight excluding hydrogens is 234 g/mol. The SMILES string of the molecule is O=C(O)c1cn2c(N3CC[C@@H](O)C3)cccc2n1. The van der Waals surface area contributed by atoms with Crippen LogP contribution < -0.4 is 4.90 Å². The van der Waals surface area contributed by atoms with E-state index >= 15 is 0 Å². The average molecular weight is 247 g/mol. The summed E-state index contributed by atoms with van der Waals surface area (Å²) in [5, 5.41) is 18.5. The number of aliphatic hydroxyl groups is 1. The number of aromatic carboxylic acids is 1. The minimum atomic E-state index is -1.04. The van der Waals surface area contributed by atoms with Gasteiger partial charge in [0.25, 0.3) is 0 Å². The van der Waals surface area contributed by atoms with Crippen molar-refractivity contribution in [3.05, 3.63) is 30.1 Å². The first-order valence-corrected chi connectivity index (χ1v) is 5.79. The van der Waals surface area contributed by atoms with Crippen LogP contribution in [0.25, 0.3) is 5.65 Å². The van der Waals surface area contributed by atoms with Crippen LogP contribution in [0.4, 0.5) is 5.82 Å². The Morgan fingerprint density at radius 1 is 1.44 bits per heavy atom. The van der Waals surface area contributed by atoms with Crippen molar-refractivity contribution in [2.24, 2.45) is 0 Å². The Morgan fingerprint density at radius 2 is 2.28 bits per heavy atom. The highest BCUT2D eigenvalue weighted by atomic mass is 16.4. The number of nitrogens with zero attached hydrogens (tertiary/aromatic N) is 3. The number of rotatable bonds is 2. The van der Waals surface area contributed by atoms with Crippen molar-refractivity contribution in [2.45, 2.75) is 12.5 Å². The van der Waals surface area contributed by atoms with E-state index in [1.165, 1.54) is 6.20 Å². The minimum Gasteiger partial charge on any atom is -0.476 e. The minimum absolute atomic E-state index is 0.0298. The molecule has 94 valence electrons. The molecule has 1 aliphatic rings. The van der Waals surface area contributed by atoms with Crippen LogP contribution in [0.5, 0.6) is 0 Å². The first kappa shape index (κ1) is 11.0. The lowest BCUT2D eigenvalue weighted by atomic mass is 10.3. The van der Waals surface area contributed by atoms with E-state index in [1.54, 1.807) is 10.5 Å². The number of β-amino-alcohol motifs (C(OH)–C–C–N with tert-alkyl or cyclic N) is 1. The van der Waals surface area contributed by atoms with Crippen LogP contribution in [0.3, 0.4) is 0 Å². The highest BCUT2D eigenvalue weighted by Gasteiger charge is 2.22. The van der Waals surface area contributed by atoms with Crippen LogP contribution in [0.2, 0.25) is 0 Å². The maximum atomic E-state index is 10.9. The fraction of sp³-hybridized carbons (Fsp3) is 0.333. The van der Waals surface area contributed by atoms with E-state index < -0.39 is 5.97 Å². The quantitative estimate of drug-likeness (QED) is 0.812. The first-order chi connectivity index (χ1) is 8.65. The molecule has 6 nitrogen and oxygen atoms in total. The zero-order valence-corrected chi connectivity index (χ0v) is 9.65. The van der Waals surface area contributed by atoms with Crippen LogP contribution in [-0.2, 0) is 0 Å². The van der Waals surface area contributed by atoms with E-state index in [9.17, 15) is 9.90 Å². The lowest BCUT2D eigenvalue weighted by Crippen LogP contribution is -2.23. The largest absolute Gasteiger partial charge is 0.476 e. The van der Waals surface area contributed by atoms with E-state index in [2.05, 4.69) is 4.98 Å². The second kappa shape index (κ2) is 3.99. The molecule has 1 fully saturated rings. The third-order valence-electron chi connectivity index (χ3n) is 3.18. The van der Waals surface area contributed by atoms with Crippen LogP contribution in [0.1, 0.15) is 16.9 Å². The summed E-state index contributed by atoms with van der Waals surface area (Å²) in [4.78, 5) is 17.0. The van der Waals surface area contributed by atoms with Gasteiger partial charge in [-0.15, -0.1) is 0 Å². The molecular formula is C12H13N3O3. The molecule has 1 atom stereocenters. The first-order valence-electron chi connectivity index (χ1n) is 5.79. The summed E-state index contributed by atoms with van der Waals surface area (Å²) >= 11 is 0. The van der Waals surface area contributed by atoms with E-state index in [4.69, 9.17) is 5.11 Å². The molecule has 0 spiro atoms. The average Bonchev–Trinajstić information content (AvgIpc) is 2.94. The topological polar surface area (TPSA) is 78.1 Å². The molecule has 0 saturated carbocycles. The molecule has 0 bridgehead atoms. The number of imidazole rings is 1. The molecule has 2 aromatic heterocycles. The number of pyridine rings is 1. The number of hydrogen-bond donors (Lipinski definition) is 2.